The molecule has 0 amide bonds. The van der Waals surface area contributed by atoms with Crippen LogP contribution in [0.2, 0.25) is 0 Å². The number of rotatable bonds is 1. The quantitative estimate of drug-likeness (QED) is 0.327. The summed E-state index contributed by atoms with van der Waals surface area (Å²) in [4.78, 5) is 0. The van der Waals surface area contributed by atoms with Crippen molar-refractivity contribution in [1.29, 1.82) is 0 Å². The normalized spacial score (nSPS) is 7.80. The smallest absolute Gasteiger partial charge is 0.427 e. The van der Waals surface area contributed by atoms with Gasteiger partial charge in [0.05, 0.1) is 0 Å². The van der Waals surface area contributed by atoms with E-state index in [0.29, 0.717) is 4.33 Å². The monoisotopic (exact) mass is 186 g/mol. The van der Waals surface area contributed by atoms with Crippen LogP contribution < -0.4 is 0 Å². The maximum absolute atomic E-state index is 7.91. The van der Waals surface area contributed by atoms with E-state index in [1.807, 2.05) is 22.6 Å². The first-order valence-corrected chi connectivity index (χ1v) is 2.72. The Bertz CT molecular complexity index is 23.6. The van der Waals surface area contributed by atoms with E-state index >= 15 is 0 Å². The zero-order chi connectivity index (χ0) is 4.28. The fourth-order valence-electron chi connectivity index (χ4n) is 0. The molecule has 0 spiro atoms. The van der Waals surface area contributed by atoms with Gasteiger partial charge in [0.2, 0.25) is 0 Å². The summed E-state index contributed by atoms with van der Waals surface area (Å²) in [6.07, 6.45) is 0. The van der Waals surface area contributed by atoms with E-state index in [9.17, 15) is 0 Å². The zero-order valence-electron chi connectivity index (χ0n) is 2.56. The Morgan fingerprint density at radius 1 is 1.60 bits per heavy atom. The second-order valence-electron chi connectivity index (χ2n) is 0.635. The Hall–Kier alpha value is 0.715. The summed E-state index contributed by atoms with van der Waals surface area (Å²) >= 11 is 1.88. The predicted molar refractivity (Wildman–Crippen MR) is 29.1 cm³/mol. The molecule has 0 aliphatic heterocycles. The molecule has 0 aromatic heterocycles. The molecule has 4 heteroatoms. The largest absolute Gasteiger partial charge is 0.461 e. The number of halogens is 1. The number of alkyl halides is 1. The van der Waals surface area contributed by atoms with E-state index in [1.54, 1.807) is 0 Å². The fourth-order valence-corrected chi connectivity index (χ4v) is 0. The van der Waals surface area contributed by atoms with E-state index in [2.05, 4.69) is 0 Å². The molecule has 0 saturated carbocycles. The molecular formula is CH4BIO2. The van der Waals surface area contributed by atoms with Crippen molar-refractivity contribution in [3.8, 4) is 0 Å². The molecular weight excluding hydrogens is 182 g/mol. The Morgan fingerprint density at radius 3 is 1.80 bits per heavy atom. The first kappa shape index (κ1) is 5.71. The van der Waals surface area contributed by atoms with Gasteiger partial charge in [-0.05, 0) is 0 Å². The molecule has 2 nitrogen and oxygen atoms in total. The SMILES string of the molecule is OB(O)CI. The van der Waals surface area contributed by atoms with Crippen LogP contribution in [0.5, 0.6) is 0 Å². The van der Waals surface area contributed by atoms with Gasteiger partial charge in [0.25, 0.3) is 0 Å². The minimum Gasteiger partial charge on any atom is -0.427 e. The van der Waals surface area contributed by atoms with Crippen LogP contribution in [0.1, 0.15) is 0 Å². The van der Waals surface area contributed by atoms with Crippen LogP contribution in [0.25, 0.3) is 0 Å². The van der Waals surface area contributed by atoms with Crippen LogP contribution in [0.4, 0.5) is 0 Å². The van der Waals surface area contributed by atoms with Crippen LogP contribution in [0.15, 0.2) is 0 Å². The Balaban J connectivity index is 2.54. The summed E-state index contributed by atoms with van der Waals surface area (Å²) in [5, 5.41) is 15.8. The molecule has 0 aromatic carbocycles. The maximum Gasteiger partial charge on any atom is 0.461 e. The van der Waals surface area contributed by atoms with Crippen molar-refractivity contribution < 1.29 is 10.0 Å². The lowest BCUT2D eigenvalue weighted by Crippen LogP contribution is -2.11. The molecule has 0 fully saturated rings. The molecule has 0 saturated heterocycles. The molecule has 0 radical (unpaired) electrons. The van der Waals surface area contributed by atoms with Gasteiger partial charge in [-0.25, -0.2) is 0 Å². The zero-order valence-corrected chi connectivity index (χ0v) is 4.71. The summed E-state index contributed by atoms with van der Waals surface area (Å²) in [7, 11) is -1.13. The van der Waals surface area contributed by atoms with Gasteiger partial charge in [-0.1, -0.05) is 22.6 Å². The maximum atomic E-state index is 7.91. The molecule has 30 valence electrons. The van der Waals surface area contributed by atoms with Crippen molar-refractivity contribution in [1.82, 2.24) is 0 Å². The van der Waals surface area contributed by atoms with Crippen LogP contribution in [-0.4, -0.2) is 21.5 Å². The van der Waals surface area contributed by atoms with Crippen molar-refractivity contribution in [2.24, 2.45) is 0 Å². The molecule has 0 aliphatic carbocycles. The lowest BCUT2D eigenvalue weighted by molar-refractivity contribution is 0.417. The lowest BCUT2D eigenvalue weighted by atomic mass is 9.98. The third kappa shape index (κ3) is 4.71. The van der Waals surface area contributed by atoms with Gasteiger partial charge in [-0.2, -0.15) is 0 Å². The third-order valence-electron chi connectivity index (χ3n) is 0.138. The van der Waals surface area contributed by atoms with Crippen LogP contribution in [-0.2, 0) is 0 Å². The molecule has 0 unspecified atom stereocenters. The highest BCUT2D eigenvalue weighted by atomic mass is 127. The first-order chi connectivity index (χ1) is 2.27. The van der Waals surface area contributed by atoms with Crippen LogP contribution >= 0.6 is 22.6 Å². The molecule has 2 N–H and O–H groups in total. The molecule has 5 heavy (non-hydrogen) atoms. The van der Waals surface area contributed by atoms with E-state index < -0.39 is 7.12 Å². The predicted octanol–water partition coefficient (Wildman–Crippen LogP) is -0.567. The lowest BCUT2D eigenvalue weighted by Gasteiger charge is -1.80. The van der Waals surface area contributed by atoms with Crippen molar-refractivity contribution in [3.63, 3.8) is 0 Å². The van der Waals surface area contributed by atoms with Gasteiger partial charge in [-0.15, -0.1) is 0 Å². The Labute approximate surface area is 44.5 Å². The topological polar surface area (TPSA) is 40.5 Å². The van der Waals surface area contributed by atoms with E-state index in [0.717, 1.165) is 0 Å². The molecule has 0 aromatic rings. The molecule has 0 heterocycles. The Kier molecular flexibility index (Phi) is 3.35. The van der Waals surface area contributed by atoms with Crippen molar-refractivity contribution in [2.45, 2.75) is 0 Å². The Morgan fingerprint density at radius 2 is 1.80 bits per heavy atom. The average Bonchev–Trinajstić information content (AvgIpc) is 1.38. The number of hydrogen-bond acceptors (Lipinski definition) is 2. The first-order valence-electron chi connectivity index (χ1n) is 1.19. The highest BCUT2D eigenvalue weighted by Gasteiger charge is 1.98. The van der Waals surface area contributed by atoms with Gasteiger partial charge in [0.1, 0.15) is 0 Å². The average molecular weight is 186 g/mol. The second-order valence-corrected chi connectivity index (χ2v) is 1.52. The van der Waals surface area contributed by atoms with Crippen molar-refractivity contribution in [2.75, 3.05) is 4.33 Å². The van der Waals surface area contributed by atoms with Crippen LogP contribution in [0, 0.1) is 0 Å². The van der Waals surface area contributed by atoms with Gasteiger partial charge in [0.15, 0.2) is 0 Å². The van der Waals surface area contributed by atoms with Crippen molar-refractivity contribution in [3.05, 3.63) is 0 Å². The highest BCUT2D eigenvalue weighted by Crippen LogP contribution is 1.77. The van der Waals surface area contributed by atoms with Gasteiger partial charge >= 0.3 is 7.12 Å². The minimum absolute atomic E-state index is 0.387. The number of hydrogen-bond donors (Lipinski definition) is 2. The highest BCUT2D eigenvalue weighted by molar-refractivity contribution is 14.1. The summed E-state index contributed by atoms with van der Waals surface area (Å²) in [6.45, 7) is 0. The molecule has 0 atom stereocenters. The van der Waals surface area contributed by atoms with Gasteiger partial charge in [0, 0.05) is 4.33 Å². The summed E-state index contributed by atoms with van der Waals surface area (Å²) in [5.74, 6) is 0. The summed E-state index contributed by atoms with van der Waals surface area (Å²) < 4.78 is 0.387. The molecule has 0 rings (SSSR count). The van der Waals surface area contributed by atoms with E-state index in [1.165, 1.54) is 0 Å². The summed E-state index contributed by atoms with van der Waals surface area (Å²) in [6, 6.07) is 0. The molecule has 0 bridgehead atoms. The second kappa shape index (κ2) is 2.93. The van der Waals surface area contributed by atoms with Crippen molar-refractivity contribution >= 4 is 29.7 Å². The standard InChI is InChI=1S/CH4BIO2/c3-1-2(4)5/h4-5H,1H2. The third-order valence-corrected chi connectivity index (χ3v) is 0.926. The van der Waals surface area contributed by atoms with Crippen LogP contribution in [0.3, 0.4) is 0 Å². The van der Waals surface area contributed by atoms with Gasteiger partial charge < -0.3 is 10.0 Å². The molecule has 0 aliphatic rings. The van der Waals surface area contributed by atoms with E-state index in [-0.39, 0.29) is 0 Å². The fraction of sp³-hybridized carbons (Fsp3) is 1.00. The summed E-state index contributed by atoms with van der Waals surface area (Å²) in [5.41, 5.74) is 0. The van der Waals surface area contributed by atoms with E-state index in [4.69, 9.17) is 10.0 Å². The van der Waals surface area contributed by atoms with Gasteiger partial charge in [-0.3, -0.25) is 0 Å². The minimum atomic E-state index is -1.13.